The Bertz CT molecular complexity index is 679. The Hall–Kier alpha value is -2.00. The van der Waals surface area contributed by atoms with Crippen molar-refractivity contribution in [1.82, 2.24) is 5.32 Å². The van der Waals surface area contributed by atoms with Gasteiger partial charge in [0, 0.05) is 17.3 Å². The standard InChI is InChI=1S/C20H24N2O.ClH/c1-14-7-10-17(21)13-19(14)20(23)22-18-11-8-16(9-12-18)15-5-3-2-4-6-15;/h2-7,10,13,16,18H,8-9,11-12,21H2,1H3,(H,22,23);1H. The zero-order valence-electron chi connectivity index (χ0n) is 14.0. The summed E-state index contributed by atoms with van der Waals surface area (Å²) in [6, 6.07) is 16.4. The minimum absolute atomic E-state index is 0. The van der Waals surface area contributed by atoms with Crippen molar-refractivity contribution in [2.24, 2.45) is 0 Å². The largest absolute Gasteiger partial charge is 0.399 e. The molecular weight excluding hydrogens is 320 g/mol. The molecule has 0 heterocycles. The maximum absolute atomic E-state index is 12.5. The predicted molar refractivity (Wildman–Crippen MR) is 102 cm³/mol. The summed E-state index contributed by atoms with van der Waals surface area (Å²) in [7, 11) is 0. The number of carbonyl (C=O) groups excluding carboxylic acids is 1. The summed E-state index contributed by atoms with van der Waals surface area (Å²) in [6.45, 7) is 1.95. The van der Waals surface area contributed by atoms with Gasteiger partial charge in [-0.25, -0.2) is 0 Å². The van der Waals surface area contributed by atoms with Crippen molar-refractivity contribution < 1.29 is 4.79 Å². The van der Waals surface area contributed by atoms with Gasteiger partial charge in [-0.1, -0.05) is 36.4 Å². The first-order valence-corrected chi connectivity index (χ1v) is 8.35. The van der Waals surface area contributed by atoms with Gasteiger partial charge in [0.1, 0.15) is 0 Å². The van der Waals surface area contributed by atoms with Gasteiger partial charge in [0.05, 0.1) is 0 Å². The van der Waals surface area contributed by atoms with E-state index in [1.54, 1.807) is 6.07 Å². The van der Waals surface area contributed by atoms with Crippen molar-refractivity contribution in [2.45, 2.75) is 44.6 Å². The first-order valence-electron chi connectivity index (χ1n) is 8.35. The number of anilines is 1. The highest BCUT2D eigenvalue weighted by molar-refractivity contribution is 5.96. The molecule has 2 aromatic rings. The van der Waals surface area contributed by atoms with Crippen molar-refractivity contribution in [1.29, 1.82) is 0 Å². The summed E-state index contributed by atoms with van der Waals surface area (Å²) in [5, 5.41) is 3.18. The fourth-order valence-corrected chi connectivity index (χ4v) is 3.44. The van der Waals surface area contributed by atoms with Gasteiger partial charge in [0.2, 0.25) is 0 Å². The Balaban J connectivity index is 0.00000208. The maximum atomic E-state index is 12.5. The van der Waals surface area contributed by atoms with Gasteiger partial charge in [-0.2, -0.15) is 0 Å². The monoisotopic (exact) mass is 344 g/mol. The summed E-state index contributed by atoms with van der Waals surface area (Å²) in [6.07, 6.45) is 4.33. The van der Waals surface area contributed by atoms with Crippen LogP contribution in [0.4, 0.5) is 5.69 Å². The predicted octanol–water partition coefficient (Wildman–Crippen LogP) is 4.46. The molecule has 3 rings (SSSR count). The zero-order chi connectivity index (χ0) is 16.2. The number of nitrogen functional groups attached to an aromatic ring is 1. The molecule has 0 aromatic heterocycles. The van der Waals surface area contributed by atoms with Crippen LogP contribution in [0.5, 0.6) is 0 Å². The molecule has 3 nitrogen and oxygen atoms in total. The molecule has 1 aliphatic carbocycles. The first kappa shape index (κ1) is 18.3. The zero-order valence-corrected chi connectivity index (χ0v) is 14.8. The number of nitrogens with one attached hydrogen (secondary N) is 1. The Morgan fingerprint density at radius 3 is 2.38 bits per heavy atom. The highest BCUT2D eigenvalue weighted by Crippen LogP contribution is 2.32. The number of hydrogen-bond acceptors (Lipinski definition) is 2. The lowest BCUT2D eigenvalue weighted by molar-refractivity contribution is 0.0925. The fraction of sp³-hybridized carbons (Fsp3) is 0.350. The Kier molecular flexibility index (Phi) is 6.27. The summed E-state index contributed by atoms with van der Waals surface area (Å²) in [4.78, 5) is 12.5. The van der Waals surface area contributed by atoms with E-state index in [4.69, 9.17) is 5.73 Å². The number of nitrogens with two attached hydrogens (primary N) is 1. The number of benzene rings is 2. The van der Waals surface area contributed by atoms with Crippen LogP contribution in [0.2, 0.25) is 0 Å². The molecule has 4 heteroatoms. The lowest BCUT2D eigenvalue weighted by atomic mass is 9.81. The van der Waals surface area contributed by atoms with Crippen LogP contribution in [0.3, 0.4) is 0 Å². The van der Waals surface area contributed by atoms with Gasteiger partial charge in [0.15, 0.2) is 0 Å². The molecule has 1 fully saturated rings. The third-order valence-corrected chi connectivity index (χ3v) is 4.84. The molecule has 0 saturated heterocycles. The van der Waals surface area contributed by atoms with Crippen molar-refractivity contribution >= 4 is 24.0 Å². The Labute approximate surface area is 150 Å². The molecule has 2 aromatic carbocycles. The van der Waals surface area contributed by atoms with E-state index in [1.165, 1.54) is 5.56 Å². The maximum Gasteiger partial charge on any atom is 0.251 e. The molecule has 0 bridgehead atoms. The van der Waals surface area contributed by atoms with Gasteiger partial charge >= 0.3 is 0 Å². The van der Waals surface area contributed by atoms with E-state index in [2.05, 4.69) is 35.6 Å². The lowest BCUT2D eigenvalue weighted by Crippen LogP contribution is -2.37. The molecule has 0 unspecified atom stereocenters. The highest BCUT2D eigenvalue weighted by atomic mass is 35.5. The van der Waals surface area contributed by atoms with Crippen molar-refractivity contribution in [2.75, 3.05) is 5.73 Å². The number of carbonyl (C=O) groups is 1. The normalized spacial score (nSPS) is 20.0. The molecule has 1 aliphatic rings. The molecular formula is C20H25ClN2O. The number of halogens is 1. The van der Waals surface area contributed by atoms with Crippen LogP contribution >= 0.6 is 12.4 Å². The number of rotatable bonds is 3. The third kappa shape index (κ3) is 4.30. The molecule has 0 radical (unpaired) electrons. The summed E-state index contributed by atoms with van der Waals surface area (Å²) < 4.78 is 0. The number of amides is 1. The average Bonchev–Trinajstić information content (AvgIpc) is 2.58. The van der Waals surface area contributed by atoms with Crippen LogP contribution < -0.4 is 11.1 Å². The van der Waals surface area contributed by atoms with Crippen LogP contribution in [0.15, 0.2) is 48.5 Å². The summed E-state index contributed by atoms with van der Waals surface area (Å²) in [5.41, 5.74) is 9.51. The molecule has 0 atom stereocenters. The van der Waals surface area contributed by atoms with Crippen molar-refractivity contribution in [3.8, 4) is 0 Å². The van der Waals surface area contributed by atoms with Crippen LogP contribution in [0, 0.1) is 6.92 Å². The molecule has 3 N–H and O–H groups in total. The molecule has 128 valence electrons. The average molecular weight is 345 g/mol. The minimum atomic E-state index is -0.00189. The lowest BCUT2D eigenvalue weighted by Gasteiger charge is -2.29. The van der Waals surface area contributed by atoms with E-state index in [-0.39, 0.29) is 24.4 Å². The Morgan fingerprint density at radius 1 is 1.04 bits per heavy atom. The van der Waals surface area contributed by atoms with Crippen LogP contribution in [0.25, 0.3) is 0 Å². The van der Waals surface area contributed by atoms with Gasteiger partial charge in [-0.05, 0) is 61.8 Å². The molecule has 1 amide bonds. The molecule has 0 spiro atoms. The third-order valence-electron chi connectivity index (χ3n) is 4.84. The van der Waals surface area contributed by atoms with Gasteiger partial charge < -0.3 is 11.1 Å². The number of aryl methyl sites for hydroxylation is 1. The van der Waals surface area contributed by atoms with Crippen LogP contribution in [-0.4, -0.2) is 11.9 Å². The minimum Gasteiger partial charge on any atom is -0.399 e. The van der Waals surface area contributed by atoms with E-state index in [0.29, 0.717) is 17.2 Å². The second-order valence-electron chi connectivity index (χ2n) is 6.51. The molecule has 0 aliphatic heterocycles. The van der Waals surface area contributed by atoms with Crippen LogP contribution in [0.1, 0.15) is 53.1 Å². The molecule has 24 heavy (non-hydrogen) atoms. The Morgan fingerprint density at radius 2 is 1.71 bits per heavy atom. The van der Waals surface area contributed by atoms with E-state index < -0.39 is 0 Å². The molecule has 1 saturated carbocycles. The van der Waals surface area contributed by atoms with E-state index >= 15 is 0 Å². The van der Waals surface area contributed by atoms with Gasteiger partial charge in [0.25, 0.3) is 5.91 Å². The quantitative estimate of drug-likeness (QED) is 0.808. The highest BCUT2D eigenvalue weighted by Gasteiger charge is 2.24. The van der Waals surface area contributed by atoms with Crippen molar-refractivity contribution in [3.05, 3.63) is 65.2 Å². The van der Waals surface area contributed by atoms with Gasteiger partial charge in [-0.15, -0.1) is 12.4 Å². The number of hydrogen-bond donors (Lipinski definition) is 2. The van der Waals surface area contributed by atoms with Crippen molar-refractivity contribution in [3.63, 3.8) is 0 Å². The van der Waals surface area contributed by atoms with E-state index in [0.717, 1.165) is 31.2 Å². The second kappa shape index (κ2) is 8.20. The summed E-state index contributed by atoms with van der Waals surface area (Å²) >= 11 is 0. The first-order chi connectivity index (χ1) is 11.1. The fourth-order valence-electron chi connectivity index (χ4n) is 3.44. The smallest absolute Gasteiger partial charge is 0.251 e. The summed E-state index contributed by atoms with van der Waals surface area (Å²) in [5.74, 6) is 0.622. The van der Waals surface area contributed by atoms with E-state index in [1.807, 2.05) is 19.1 Å². The van der Waals surface area contributed by atoms with E-state index in [9.17, 15) is 4.79 Å². The SMILES string of the molecule is Cc1ccc(N)cc1C(=O)NC1CCC(c2ccccc2)CC1.Cl. The van der Waals surface area contributed by atoms with Crippen LogP contribution in [-0.2, 0) is 0 Å². The van der Waals surface area contributed by atoms with Gasteiger partial charge in [-0.3, -0.25) is 4.79 Å². The second-order valence-corrected chi connectivity index (χ2v) is 6.51. The topological polar surface area (TPSA) is 55.1 Å².